The molecule has 3 aromatic rings. The Morgan fingerprint density at radius 2 is 1.88 bits per heavy atom. The third kappa shape index (κ3) is 4.71. The standard InChI is InChI=1S/C23H14BrClN2O5/c24-18-7-3-1-6-15(18)13-31-21-8-4-2-5-14(21)11-20-23(28)32-22(26-20)17-12-16(27(29)30)9-10-19(17)25/h1-12H,13H2/b20-11+. The molecule has 0 radical (unpaired) electrons. The van der Waals surface area contributed by atoms with Gasteiger partial charge in [-0.15, -0.1) is 0 Å². The Morgan fingerprint density at radius 1 is 1.12 bits per heavy atom. The zero-order chi connectivity index (χ0) is 22.7. The lowest BCUT2D eigenvalue weighted by molar-refractivity contribution is -0.384. The van der Waals surface area contributed by atoms with Crippen LogP contribution in [0.3, 0.4) is 0 Å². The summed E-state index contributed by atoms with van der Waals surface area (Å²) in [6, 6.07) is 18.7. The first-order chi connectivity index (χ1) is 15.4. The van der Waals surface area contributed by atoms with E-state index in [-0.39, 0.29) is 27.9 Å². The van der Waals surface area contributed by atoms with E-state index in [2.05, 4.69) is 20.9 Å². The van der Waals surface area contributed by atoms with Crippen molar-refractivity contribution in [3.05, 3.63) is 109 Å². The van der Waals surface area contributed by atoms with Gasteiger partial charge in [-0.25, -0.2) is 9.79 Å². The summed E-state index contributed by atoms with van der Waals surface area (Å²) in [5, 5.41) is 11.2. The highest BCUT2D eigenvalue weighted by molar-refractivity contribution is 9.10. The zero-order valence-electron chi connectivity index (χ0n) is 16.3. The summed E-state index contributed by atoms with van der Waals surface area (Å²) in [6.07, 6.45) is 1.54. The Labute approximate surface area is 196 Å². The van der Waals surface area contributed by atoms with Crippen molar-refractivity contribution in [2.45, 2.75) is 6.61 Å². The van der Waals surface area contributed by atoms with Gasteiger partial charge in [-0.05, 0) is 24.3 Å². The second-order valence-electron chi connectivity index (χ2n) is 6.68. The van der Waals surface area contributed by atoms with Crippen LogP contribution in [0.1, 0.15) is 16.7 Å². The van der Waals surface area contributed by atoms with E-state index >= 15 is 0 Å². The van der Waals surface area contributed by atoms with Crippen LogP contribution in [-0.2, 0) is 16.1 Å². The van der Waals surface area contributed by atoms with Crippen LogP contribution in [0.4, 0.5) is 5.69 Å². The minimum Gasteiger partial charge on any atom is -0.488 e. The molecule has 0 N–H and O–H groups in total. The number of aliphatic imine (C=N–C) groups is 1. The largest absolute Gasteiger partial charge is 0.488 e. The number of nitro benzene ring substituents is 1. The lowest BCUT2D eigenvalue weighted by Gasteiger charge is -2.10. The molecule has 1 aliphatic rings. The molecule has 3 aromatic carbocycles. The number of carbonyl (C=O) groups excluding carboxylic acids is 1. The maximum absolute atomic E-state index is 12.4. The van der Waals surface area contributed by atoms with Gasteiger partial charge in [0.1, 0.15) is 12.4 Å². The van der Waals surface area contributed by atoms with Gasteiger partial charge in [0.15, 0.2) is 5.70 Å². The van der Waals surface area contributed by atoms with E-state index in [1.165, 1.54) is 24.3 Å². The van der Waals surface area contributed by atoms with E-state index in [1.54, 1.807) is 18.2 Å². The van der Waals surface area contributed by atoms with Gasteiger partial charge in [0.25, 0.3) is 5.69 Å². The smallest absolute Gasteiger partial charge is 0.363 e. The van der Waals surface area contributed by atoms with Gasteiger partial charge in [-0.1, -0.05) is 63.9 Å². The van der Waals surface area contributed by atoms with Crippen molar-refractivity contribution in [2.75, 3.05) is 0 Å². The third-order valence-corrected chi connectivity index (χ3v) is 5.67. The molecule has 0 unspecified atom stereocenters. The monoisotopic (exact) mass is 512 g/mol. The first-order valence-corrected chi connectivity index (χ1v) is 10.5. The van der Waals surface area contributed by atoms with Gasteiger partial charge in [0.2, 0.25) is 5.90 Å². The van der Waals surface area contributed by atoms with Crippen molar-refractivity contribution >= 4 is 51.2 Å². The van der Waals surface area contributed by atoms with Crippen LogP contribution < -0.4 is 4.74 Å². The Balaban J connectivity index is 1.63. The number of cyclic esters (lactones) is 1. The van der Waals surface area contributed by atoms with E-state index in [0.717, 1.165) is 10.0 Å². The molecule has 32 heavy (non-hydrogen) atoms. The first kappa shape index (κ1) is 21.7. The van der Waals surface area contributed by atoms with Gasteiger partial charge in [-0.2, -0.15) is 0 Å². The number of rotatable bonds is 6. The van der Waals surface area contributed by atoms with Crippen LogP contribution in [0.25, 0.3) is 6.08 Å². The summed E-state index contributed by atoms with van der Waals surface area (Å²) in [5.74, 6) is -0.231. The topological polar surface area (TPSA) is 91.0 Å². The highest BCUT2D eigenvalue weighted by Crippen LogP contribution is 2.29. The summed E-state index contributed by atoms with van der Waals surface area (Å²) in [6.45, 7) is 0.323. The van der Waals surface area contributed by atoms with E-state index < -0.39 is 10.9 Å². The molecule has 160 valence electrons. The number of non-ortho nitro benzene ring substituents is 1. The van der Waals surface area contributed by atoms with E-state index in [9.17, 15) is 14.9 Å². The molecular formula is C23H14BrClN2O5. The molecule has 1 heterocycles. The summed E-state index contributed by atoms with van der Waals surface area (Å²) in [7, 11) is 0. The molecule has 0 amide bonds. The number of carbonyl (C=O) groups is 1. The number of nitrogens with zero attached hydrogens (tertiary/aromatic N) is 2. The molecule has 0 bridgehead atoms. The summed E-state index contributed by atoms with van der Waals surface area (Å²) in [5.41, 5.74) is 1.60. The molecule has 9 heteroatoms. The second-order valence-corrected chi connectivity index (χ2v) is 7.94. The maximum atomic E-state index is 12.4. The molecule has 0 saturated heterocycles. The van der Waals surface area contributed by atoms with Crippen molar-refractivity contribution in [3.8, 4) is 5.75 Å². The SMILES string of the molecule is O=C1OC(c2cc([N+](=O)[O-])ccc2Cl)=N/C1=C/c1ccccc1OCc1ccccc1Br. The number of hydrogen-bond acceptors (Lipinski definition) is 6. The summed E-state index contributed by atoms with van der Waals surface area (Å²) < 4.78 is 12.1. The molecule has 1 aliphatic heterocycles. The Kier molecular flexibility index (Phi) is 6.34. The van der Waals surface area contributed by atoms with Crippen molar-refractivity contribution in [1.29, 1.82) is 0 Å². The van der Waals surface area contributed by atoms with Crippen molar-refractivity contribution in [3.63, 3.8) is 0 Å². The van der Waals surface area contributed by atoms with Crippen molar-refractivity contribution in [1.82, 2.24) is 0 Å². The van der Waals surface area contributed by atoms with E-state index in [1.807, 2.05) is 30.3 Å². The van der Waals surface area contributed by atoms with Gasteiger partial charge in [-0.3, -0.25) is 10.1 Å². The van der Waals surface area contributed by atoms with Crippen LogP contribution in [-0.4, -0.2) is 16.8 Å². The highest BCUT2D eigenvalue weighted by Gasteiger charge is 2.27. The number of hydrogen-bond donors (Lipinski definition) is 0. The Morgan fingerprint density at radius 3 is 2.66 bits per heavy atom. The van der Waals surface area contributed by atoms with Crippen LogP contribution >= 0.6 is 27.5 Å². The van der Waals surface area contributed by atoms with Gasteiger partial charge >= 0.3 is 5.97 Å². The molecule has 0 aliphatic carbocycles. The fourth-order valence-corrected chi connectivity index (χ4v) is 3.56. The predicted octanol–water partition coefficient (Wildman–Crippen LogP) is 5.93. The first-order valence-electron chi connectivity index (χ1n) is 9.34. The van der Waals surface area contributed by atoms with Gasteiger partial charge in [0.05, 0.1) is 15.5 Å². The average molecular weight is 514 g/mol. The molecule has 0 saturated carbocycles. The normalized spacial score (nSPS) is 14.2. The second kappa shape index (κ2) is 9.33. The van der Waals surface area contributed by atoms with Crippen molar-refractivity contribution in [2.24, 2.45) is 4.99 Å². The summed E-state index contributed by atoms with van der Waals surface area (Å²) >= 11 is 9.63. The number of benzene rings is 3. The minimum absolute atomic E-state index is 0.0273. The number of para-hydroxylation sites is 1. The number of esters is 1. The molecule has 0 spiro atoms. The Bertz CT molecular complexity index is 1290. The van der Waals surface area contributed by atoms with Gasteiger partial charge in [0, 0.05) is 27.7 Å². The maximum Gasteiger partial charge on any atom is 0.363 e. The molecule has 0 atom stereocenters. The molecule has 0 fully saturated rings. The van der Waals surface area contributed by atoms with Crippen LogP contribution in [0.2, 0.25) is 5.02 Å². The number of halogens is 2. The van der Waals surface area contributed by atoms with Gasteiger partial charge < -0.3 is 9.47 Å². The molecule has 0 aromatic heterocycles. The summed E-state index contributed by atoms with van der Waals surface area (Å²) in [4.78, 5) is 27.1. The number of ether oxygens (including phenoxy) is 2. The lowest BCUT2D eigenvalue weighted by Crippen LogP contribution is -2.06. The molecular weight excluding hydrogens is 500 g/mol. The third-order valence-electron chi connectivity index (χ3n) is 4.56. The Hall–Kier alpha value is -3.49. The fourth-order valence-electron chi connectivity index (χ4n) is 2.96. The quantitative estimate of drug-likeness (QED) is 0.176. The predicted molar refractivity (Wildman–Crippen MR) is 124 cm³/mol. The van der Waals surface area contributed by atoms with Crippen molar-refractivity contribution < 1.29 is 19.2 Å². The van der Waals surface area contributed by atoms with E-state index in [0.29, 0.717) is 17.9 Å². The number of nitro groups is 1. The van der Waals surface area contributed by atoms with Crippen LogP contribution in [0, 0.1) is 10.1 Å². The lowest BCUT2D eigenvalue weighted by atomic mass is 10.1. The fraction of sp³-hybridized carbons (Fsp3) is 0.0435. The molecule has 7 nitrogen and oxygen atoms in total. The zero-order valence-corrected chi connectivity index (χ0v) is 18.7. The van der Waals surface area contributed by atoms with E-state index in [4.69, 9.17) is 21.1 Å². The molecule has 4 rings (SSSR count). The van der Waals surface area contributed by atoms with Crippen LogP contribution in [0.15, 0.2) is 81.9 Å². The van der Waals surface area contributed by atoms with Crippen LogP contribution in [0.5, 0.6) is 5.75 Å². The highest BCUT2D eigenvalue weighted by atomic mass is 79.9. The average Bonchev–Trinajstić information content (AvgIpc) is 3.14. The minimum atomic E-state index is -0.692.